The molecule has 15 heavy (non-hydrogen) atoms. The van der Waals surface area contributed by atoms with Gasteiger partial charge in [0.1, 0.15) is 6.33 Å². The van der Waals surface area contributed by atoms with Crippen molar-refractivity contribution in [2.45, 2.75) is 26.2 Å². The molecule has 1 aliphatic rings. The smallest absolute Gasteiger partial charge is 0.357 e. The number of esters is 1. The molecule has 1 aromatic heterocycles. The molecule has 1 aliphatic carbocycles. The van der Waals surface area contributed by atoms with Crippen molar-refractivity contribution >= 4 is 5.97 Å². The van der Waals surface area contributed by atoms with Crippen LogP contribution < -0.4 is 0 Å². The highest BCUT2D eigenvalue weighted by atomic mass is 16.5. The van der Waals surface area contributed by atoms with Crippen molar-refractivity contribution in [1.29, 1.82) is 0 Å². The fourth-order valence-corrected chi connectivity index (χ4v) is 1.44. The van der Waals surface area contributed by atoms with Crippen molar-refractivity contribution in [2.75, 3.05) is 6.61 Å². The molecule has 0 aromatic carbocycles. The Labute approximate surface area is 88.7 Å². The molecule has 0 atom stereocenters. The summed E-state index contributed by atoms with van der Waals surface area (Å²) in [6.07, 6.45) is 4.94. The second kappa shape index (κ2) is 4.38. The van der Waals surface area contributed by atoms with Gasteiger partial charge in [0.2, 0.25) is 0 Å². The first kappa shape index (κ1) is 10.1. The van der Waals surface area contributed by atoms with Crippen LogP contribution >= 0.6 is 0 Å². The van der Waals surface area contributed by atoms with E-state index in [1.807, 2.05) is 0 Å². The molecule has 0 N–H and O–H groups in total. The van der Waals surface area contributed by atoms with Gasteiger partial charge in [-0.05, 0) is 38.2 Å². The van der Waals surface area contributed by atoms with Crippen LogP contribution in [0.3, 0.4) is 0 Å². The maximum atomic E-state index is 11.4. The Morgan fingerprint density at radius 3 is 3.00 bits per heavy atom. The van der Waals surface area contributed by atoms with E-state index in [0.717, 1.165) is 18.0 Å². The van der Waals surface area contributed by atoms with E-state index in [-0.39, 0.29) is 5.97 Å². The molecule has 0 spiro atoms. The molecule has 0 saturated heterocycles. The van der Waals surface area contributed by atoms with Crippen LogP contribution in [0.15, 0.2) is 12.4 Å². The Bertz CT molecular complexity index is 361. The van der Waals surface area contributed by atoms with Crippen LogP contribution in [0, 0.1) is 5.92 Å². The number of hydrogen-bond acceptors (Lipinski definition) is 4. The Morgan fingerprint density at radius 2 is 2.33 bits per heavy atom. The summed E-state index contributed by atoms with van der Waals surface area (Å²) in [5, 5.41) is 0. The maximum absolute atomic E-state index is 11.4. The lowest BCUT2D eigenvalue weighted by atomic mass is 10.2. The number of hydrogen-bond donors (Lipinski definition) is 0. The van der Waals surface area contributed by atoms with Crippen molar-refractivity contribution in [2.24, 2.45) is 5.92 Å². The molecule has 0 amide bonds. The van der Waals surface area contributed by atoms with Crippen LogP contribution in [-0.2, 0) is 11.2 Å². The zero-order valence-corrected chi connectivity index (χ0v) is 8.77. The molecule has 4 nitrogen and oxygen atoms in total. The van der Waals surface area contributed by atoms with Gasteiger partial charge in [-0.3, -0.25) is 0 Å². The monoisotopic (exact) mass is 206 g/mol. The van der Waals surface area contributed by atoms with E-state index in [4.69, 9.17) is 4.74 Å². The van der Waals surface area contributed by atoms with Crippen LogP contribution in [0.25, 0.3) is 0 Å². The van der Waals surface area contributed by atoms with Crippen molar-refractivity contribution in [3.8, 4) is 0 Å². The molecular formula is C11H14N2O2. The third-order valence-electron chi connectivity index (χ3n) is 2.40. The summed E-state index contributed by atoms with van der Waals surface area (Å²) in [6.45, 7) is 2.16. The van der Waals surface area contributed by atoms with E-state index in [9.17, 15) is 4.79 Å². The maximum Gasteiger partial charge on any atom is 0.357 e. The first-order chi connectivity index (χ1) is 7.29. The Kier molecular flexibility index (Phi) is 2.94. The summed E-state index contributed by atoms with van der Waals surface area (Å²) < 4.78 is 4.87. The average molecular weight is 206 g/mol. The minimum absolute atomic E-state index is 0.363. The number of rotatable bonds is 4. The minimum atomic E-state index is -0.364. The summed E-state index contributed by atoms with van der Waals surface area (Å²) >= 11 is 0. The summed E-state index contributed by atoms with van der Waals surface area (Å²) in [5.41, 5.74) is 1.30. The fraction of sp³-hybridized carbons (Fsp3) is 0.545. The third-order valence-corrected chi connectivity index (χ3v) is 2.40. The standard InChI is InChI=1S/C11H14N2O2/c1-2-15-11(14)10-6-9(12-7-13-10)5-8-3-4-8/h6-8H,2-5H2,1H3. The fourth-order valence-electron chi connectivity index (χ4n) is 1.44. The van der Waals surface area contributed by atoms with E-state index in [1.54, 1.807) is 13.0 Å². The van der Waals surface area contributed by atoms with Crippen molar-refractivity contribution in [3.05, 3.63) is 23.8 Å². The SMILES string of the molecule is CCOC(=O)c1cc(CC2CC2)ncn1. The van der Waals surface area contributed by atoms with Gasteiger partial charge in [0.05, 0.1) is 6.61 Å². The van der Waals surface area contributed by atoms with E-state index in [2.05, 4.69) is 9.97 Å². The van der Waals surface area contributed by atoms with Crippen molar-refractivity contribution < 1.29 is 9.53 Å². The lowest BCUT2D eigenvalue weighted by Gasteiger charge is -2.02. The number of nitrogens with zero attached hydrogens (tertiary/aromatic N) is 2. The highest BCUT2D eigenvalue weighted by molar-refractivity contribution is 5.87. The second-order valence-corrected chi connectivity index (χ2v) is 3.76. The van der Waals surface area contributed by atoms with Crippen LogP contribution in [0.1, 0.15) is 35.9 Å². The minimum Gasteiger partial charge on any atom is -0.461 e. The normalized spacial score (nSPS) is 15.0. The Morgan fingerprint density at radius 1 is 1.53 bits per heavy atom. The van der Waals surface area contributed by atoms with Gasteiger partial charge in [0, 0.05) is 5.69 Å². The van der Waals surface area contributed by atoms with E-state index < -0.39 is 0 Å². The lowest BCUT2D eigenvalue weighted by molar-refractivity contribution is 0.0519. The van der Waals surface area contributed by atoms with Gasteiger partial charge in [0.15, 0.2) is 5.69 Å². The molecule has 80 valence electrons. The number of carbonyl (C=O) groups excluding carboxylic acids is 1. The summed E-state index contributed by atoms with van der Waals surface area (Å²) in [5.74, 6) is 0.395. The van der Waals surface area contributed by atoms with E-state index >= 15 is 0 Å². The summed E-state index contributed by atoms with van der Waals surface area (Å²) in [7, 11) is 0. The van der Waals surface area contributed by atoms with Crippen LogP contribution in [0.4, 0.5) is 0 Å². The van der Waals surface area contributed by atoms with Gasteiger partial charge in [-0.15, -0.1) is 0 Å². The summed E-state index contributed by atoms with van der Waals surface area (Å²) in [4.78, 5) is 19.4. The second-order valence-electron chi connectivity index (χ2n) is 3.76. The molecule has 0 aliphatic heterocycles. The predicted molar refractivity (Wildman–Crippen MR) is 54.4 cm³/mol. The zero-order chi connectivity index (χ0) is 10.7. The van der Waals surface area contributed by atoms with Crippen LogP contribution in [-0.4, -0.2) is 22.5 Å². The van der Waals surface area contributed by atoms with Gasteiger partial charge >= 0.3 is 5.97 Å². The Balaban J connectivity index is 2.06. The topological polar surface area (TPSA) is 52.1 Å². The molecule has 1 aromatic rings. The zero-order valence-electron chi connectivity index (χ0n) is 8.77. The van der Waals surface area contributed by atoms with Crippen molar-refractivity contribution in [3.63, 3.8) is 0 Å². The highest BCUT2D eigenvalue weighted by Gasteiger charge is 2.22. The molecule has 1 saturated carbocycles. The largest absolute Gasteiger partial charge is 0.461 e. The molecule has 1 fully saturated rings. The van der Waals surface area contributed by atoms with Gasteiger partial charge in [-0.2, -0.15) is 0 Å². The molecule has 0 radical (unpaired) electrons. The first-order valence-corrected chi connectivity index (χ1v) is 5.27. The highest BCUT2D eigenvalue weighted by Crippen LogP contribution is 2.31. The predicted octanol–water partition coefficient (Wildman–Crippen LogP) is 1.61. The average Bonchev–Trinajstić information content (AvgIpc) is 3.03. The molecule has 1 heterocycles. The van der Waals surface area contributed by atoms with Crippen molar-refractivity contribution in [1.82, 2.24) is 9.97 Å². The molecule has 2 rings (SSSR count). The van der Waals surface area contributed by atoms with Crippen LogP contribution in [0.2, 0.25) is 0 Å². The van der Waals surface area contributed by atoms with E-state index in [0.29, 0.717) is 12.3 Å². The molecule has 0 unspecified atom stereocenters. The first-order valence-electron chi connectivity index (χ1n) is 5.27. The van der Waals surface area contributed by atoms with Gasteiger partial charge in [-0.1, -0.05) is 0 Å². The quantitative estimate of drug-likeness (QED) is 0.702. The number of carbonyl (C=O) groups is 1. The molecule has 4 heteroatoms. The van der Waals surface area contributed by atoms with Crippen LogP contribution in [0.5, 0.6) is 0 Å². The van der Waals surface area contributed by atoms with Gasteiger partial charge in [-0.25, -0.2) is 14.8 Å². The number of ether oxygens (including phenoxy) is 1. The Hall–Kier alpha value is -1.45. The molecular weight excluding hydrogens is 192 g/mol. The third kappa shape index (κ3) is 2.75. The summed E-state index contributed by atoms with van der Waals surface area (Å²) in [6, 6.07) is 1.73. The molecule has 0 bridgehead atoms. The lowest BCUT2D eigenvalue weighted by Crippen LogP contribution is -2.08. The van der Waals surface area contributed by atoms with Gasteiger partial charge < -0.3 is 4.74 Å². The van der Waals surface area contributed by atoms with E-state index in [1.165, 1.54) is 19.2 Å². The van der Waals surface area contributed by atoms with Gasteiger partial charge in [0.25, 0.3) is 0 Å². The number of aromatic nitrogens is 2.